The second kappa shape index (κ2) is 7.57. The first-order chi connectivity index (χ1) is 12.1. The zero-order valence-electron chi connectivity index (χ0n) is 14.2. The minimum absolute atomic E-state index is 0.0872. The van der Waals surface area contributed by atoms with Gasteiger partial charge in [-0.3, -0.25) is 9.59 Å². The number of anilines is 1. The molecule has 1 aliphatic heterocycles. The number of carbonyl (C=O) groups is 2. The molecule has 0 radical (unpaired) electrons. The lowest BCUT2D eigenvalue weighted by Crippen LogP contribution is -2.42. The standard InChI is InChI=1S/C18H20N2O4S/c1-23-13-9-12(10-14(11-13)24-2)19-17(21)15-5-3-7-20(15)18(22)16-6-4-8-25-16/h4,6,8-11,15H,3,5,7H2,1-2H3,(H,19,21). The Morgan fingerprint density at radius 1 is 1.20 bits per heavy atom. The fourth-order valence-corrected chi connectivity index (χ4v) is 3.61. The average molecular weight is 360 g/mol. The molecule has 0 spiro atoms. The molecule has 25 heavy (non-hydrogen) atoms. The first-order valence-corrected chi connectivity index (χ1v) is 8.88. The largest absolute Gasteiger partial charge is 0.497 e. The number of benzene rings is 1. The summed E-state index contributed by atoms with van der Waals surface area (Å²) >= 11 is 1.39. The number of rotatable bonds is 5. The predicted molar refractivity (Wildman–Crippen MR) is 96.6 cm³/mol. The summed E-state index contributed by atoms with van der Waals surface area (Å²) in [5.74, 6) is 0.897. The number of likely N-dealkylation sites (tertiary alicyclic amines) is 1. The third-order valence-electron chi connectivity index (χ3n) is 4.17. The Labute approximate surface area is 150 Å². The van der Waals surface area contributed by atoms with Crippen molar-refractivity contribution < 1.29 is 19.1 Å². The fraction of sp³-hybridized carbons (Fsp3) is 0.333. The molecular weight excluding hydrogens is 340 g/mol. The van der Waals surface area contributed by atoms with E-state index in [9.17, 15) is 9.59 Å². The number of hydrogen-bond acceptors (Lipinski definition) is 5. The monoisotopic (exact) mass is 360 g/mol. The molecule has 2 heterocycles. The van der Waals surface area contributed by atoms with Crippen LogP contribution in [0.2, 0.25) is 0 Å². The first kappa shape index (κ1) is 17.3. The highest BCUT2D eigenvalue weighted by molar-refractivity contribution is 7.12. The van der Waals surface area contributed by atoms with E-state index in [1.54, 1.807) is 43.4 Å². The van der Waals surface area contributed by atoms with Gasteiger partial charge in [-0.2, -0.15) is 0 Å². The number of hydrogen-bond donors (Lipinski definition) is 1. The molecule has 1 aromatic heterocycles. The van der Waals surface area contributed by atoms with E-state index in [2.05, 4.69) is 5.32 Å². The van der Waals surface area contributed by atoms with Crippen LogP contribution in [0, 0.1) is 0 Å². The summed E-state index contributed by atoms with van der Waals surface area (Å²) < 4.78 is 10.4. The van der Waals surface area contributed by atoms with E-state index in [4.69, 9.17) is 9.47 Å². The molecule has 0 aliphatic carbocycles. The molecular formula is C18H20N2O4S. The second-order valence-corrected chi connectivity index (χ2v) is 6.67. The Hall–Kier alpha value is -2.54. The summed E-state index contributed by atoms with van der Waals surface area (Å²) in [4.78, 5) is 27.6. The zero-order chi connectivity index (χ0) is 17.8. The second-order valence-electron chi connectivity index (χ2n) is 5.72. The van der Waals surface area contributed by atoms with E-state index in [-0.39, 0.29) is 11.8 Å². The smallest absolute Gasteiger partial charge is 0.264 e. The maximum atomic E-state index is 12.7. The molecule has 1 aliphatic rings. The molecule has 7 heteroatoms. The Kier molecular flexibility index (Phi) is 5.23. The van der Waals surface area contributed by atoms with Crippen LogP contribution in [0.1, 0.15) is 22.5 Å². The van der Waals surface area contributed by atoms with Gasteiger partial charge in [0.2, 0.25) is 5.91 Å². The van der Waals surface area contributed by atoms with Gasteiger partial charge in [-0.25, -0.2) is 0 Å². The van der Waals surface area contributed by atoms with E-state index in [0.29, 0.717) is 35.0 Å². The van der Waals surface area contributed by atoms with E-state index in [0.717, 1.165) is 6.42 Å². The Morgan fingerprint density at radius 2 is 1.92 bits per heavy atom. The summed E-state index contributed by atoms with van der Waals surface area (Å²) in [5.41, 5.74) is 0.580. The van der Waals surface area contributed by atoms with Crippen molar-refractivity contribution in [3.8, 4) is 11.5 Å². The highest BCUT2D eigenvalue weighted by atomic mass is 32.1. The Balaban J connectivity index is 1.75. The lowest BCUT2D eigenvalue weighted by molar-refractivity contribution is -0.119. The van der Waals surface area contributed by atoms with Crippen LogP contribution in [-0.2, 0) is 4.79 Å². The van der Waals surface area contributed by atoms with Gasteiger partial charge in [0.05, 0.1) is 19.1 Å². The number of nitrogens with one attached hydrogen (secondary N) is 1. The maximum Gasteiger partial charge on any atom is 0.264 e. The minimum atomic E-state index is -0.466. The predicted octanol–water partition coefficient (Wildman–Crippen LogP) is 3.01. The van der Waals surface area contributed by atoms with Crippen LogP contribution in [0.4, 0.5) is 5.69 Å². The van der Waals surface area contributed by atoms with Gasteiger partial charge in [0, 0.05) is 30.4 Å². The molecule has 6 nitrogen and oxygen atoms in total. The maximum absolute atomic E-state index is 12.7. The summed E-state index contributed by atoms with van der Waals surface area (Å²) in [6.45, 7) is 0.594. The normalized spacial score (nSPS) is 16.6. The van der Waals surface area contributed by atoms with Gasteiger partial charge in [0.1, 0.15) is 17.5 Å². The SMILES string of the molecule is COc1cc(NC(=O)C2CCCN2C(=O)c2cccs2)cc(OC)c1. The summed E-state index contributed by atoms with van der Waals surface area (Å²) in [6.07, 6.45) is 1.47. The van der Waals surface area contributed by atoms with Crippen LogP contribution >= 0.6 is 11.3 Å². The molecule has 132 valence electrons. The molecule has 1 fully saturated rings. The van der Waals surface area contributed by atoms with Crippen LogP contribution in [0.25, 0.3) is 0 Å². The molecule has 1 unspecified atom stereocenters. The highest BCUT2D eigenvalue weighted by Gasteiger charge is 2.35. The van der Waals surface area contributed by atoms with Crippen molar-refractivity contribution in [2.45, 2.75) is 18.9 Å². The van der Waals surface area contributed by atoms with Crippen LogP contribution in [0.5, 0.6) is 11.5 Å². The fourth-order valence-electron chi connectivity index (χ4n) is 2.93. The lowest BCUT2D eigenvalue weighted by Gasteiger charge is -2.23. The molecule has 2 aromatic rings. The van der Waals surface area contributed by atoms with Gasteiger partial charge in [-0.1, -0.05) is 6.07 Å². The van der Waals surface area contributed by atoms with Gasteiger partial charge in [0.15, 0.2) is 0 Å². The number of methoxy groups -OCH3 is 2. The van der Waals surface area contributed by atoms with E-state index in [1.165, 1.54) is 11.3 Å². The van der Waals surface area contributed by atoms with Crippen molar-refractivity contribution in [3.05, 3.63) is 40.6 Å². The molecule has 1 saturated heterocycles. The van der Waals surface area contributed by atoms with Crippen molar-refractivity contribution in [1.82, 2.24) is 4.90 Å². The van der Waals surface area contributed by atoms with Crippen LogP contribution < -0.4 is 14.8 Å². The van der Waals surface area contributed by atoms with E-state index in [1.807, 2.05) is 11.4 Å². The summed E-state index contributed by atoms with van der Waals surface area (Å²) in [5, 5.41) is 4.74. The quantitative estimate of drug-likeness (QED) is 0.890. The molecule has 3 rings (SSSR count). The summed E-state index contributed by atoms with van der Waals surface area (Å²) in [7, 11) is 3.11. The van der Waals surface area contributed by atoms with Gasteiger partial charge < -0.3 is 19.7 Å². The summed E-state index contributed by atoms with van der Waals surface area (Å²) in [6, 6.07) is 8.34. The molecule has 2 amide bonds. The van der Waals surface area contributed by atoms with Crippen LogP contribution in [0.15, 0.2) is 35.7 Å². The van der Waals surface area contributed by atoms with Crippen LogP contribution in [-0.4, -0.2) is 43.5 Å². The van der Waals surface area contributed by atoms with Crippen molar-refractivity contribution >= 4 is 28.8 Å². The molecule has 1 aromatic carbocycles. The number of ether oxygens (including phenoxy) is 2. The Morgan fingerprint density at radius 3 is 2.52 bits per heavy atom. The third-order valence-corrected chi connectivity index (χ3v) is 5.03. The number of nitrogens with zero attached hydrogens (tertiary/aromatic N) is 1. The van der Waals surface area contributed by atoms with Crippen molar-refractivity contribution in [2.24, 2.45) is 0 Å². The topological polar surface area (TPSA) is 67.9 Å². The van der Waals surface area contributed by atoms with Gasteiger partial charge in [0.25, 0.3) is 5.91 Å². The first-order valence-electron chi connectivity index (χ1n) is 8.01. The van der Waals surface area contributed by atoms with Gasteiger partial charge in [-0.15, -0.1) is 11.3 Å². The average Bonchev–Trinajstić information content (AvgIpc) is 3.32. The third kappa shape index (κ3) is 3.76. The van der Waals surface area contributed by atoms with Gasteiger partial charge >= 0.3 is 0 Å². The Bertz CT molecular complexity index is 738. The lowest BCUT2D eigenvalue weighted by atomic mass is 10.2. The van der Waals surface area contributed by atoms with E-state index >= 15 is 0 Å². The number of amides is 2. The zero-order valence-corrected chi connectivity index (χ0v) is 15.0. The number of carbonyl (C=O) groups excluding carboxylic acids is 2. The highest BCUT2D eigenvalue weighted by Crippen LogP contribution is 2.27. The van der Waals surface area contributed by atoms with Crippen molar-refractivity contribution in [2.75, 3.05) is 26.1 Å². The molecule has 1 N–H and O–H groups in total. The minimum Gasteiger partial charge on any atom is -0.497 e. The van der Waals surface area contributed by atoms with Crippen LogP contribution in [0.3, 0.4) is 0 Å². The molecule has 1 atom stereocenters. The van der Waals surface area contributed by atoms with Gasteiger partial charge in [-0.05, 0) is 24.3 Å². The van der Waals surface area contributed by atoms with E-state index < -0.39 is 6.04 Å². The van der Waals surface area contributed by atoms with Crippen molar-refractivity contribution in [3.63, 3.8) is 0 Å². The van der Waals surface area contributed by atoms with Crippen molar-refractivity contribution in [1.29, 1.82) is 0 Å². The molecule has 0 bridgehead atoms. The number of thiophene rings is 1. The molecule has 0 saturated carbocycles.